The van der Waals surface area contributed by atoms with E-state index in [0.717, 1.165) is 17.8 Å². The lowest BCUT2D eigenvalue weighted by molar-refractivity contribution is 0.842. The Morgan fingerprint density at radius 3 is 2.54 bits per heavy atom. The number of pyridine rings is 1. The van der Waals surface area contributed by atoms with Gasteiger partial charge in [-0.3, -0.25) is 4.98 Å². The van der Waals surface area contributed by atoms with Crippen LogP contribution in [0.1, 0.15) is 43.5 Å². The van der Waals surface area contributed by atoms with Gasteiger partial charge in [-0.25, -0.2) is 0 Å². The lowest BCUT2D eigenvalue weighted by atomic mass is 9.95. The molecule has 2 nitrogen and oxygen atoms in total. The fourth-order valence-electron chi connectivity index (χ4n) is 1.81. The van der Waals surface area contributed by atoms with Crippen molar-refractivity contribution in [1.82, 2.24) is 4.98 Å². The van der Waals surface area contributed by atoms with Crippen molar-refractivity contribution in [2.24, 2.45) is 0 Å². The quantitative estimate of drug-likeness (QED) is 0.756. The molecule has 0 radical (unpaired) electrons. The van der Waals surface area contributed by atoms with Crippen LogP contribution in [-0.2, 0) is 6.42 Å². The molecule has 2 heteroatoms. The molecule has 1 heterocycles. The number of hydrogen-bond acceptors (Lipinski definition) is 2. The Bertz CT molecular complexity index is 303. The van der Waals surface area contributed by atoms with Crippen LogP contribution in [0.4, 0.5) is 5.69 Å². The van der Waals surface area contributed by atoms with Crippen LogP contribution in [0, 0.1) is 6.92 Å². The van der Waals surface area contributed by atoms with Crippen molar-refractivity contribution in [3.05, 3.63) is 23.0 Å². The maximum atomic E-state index is 5.88. The molecule has 0 aliphatic heterocycles. The fourth-order valence-corrected chi connectivity index (χ4v) is 1.81. The van der Waals surface area contributed by atoms with Gasteiger partial charge in [0, 0.05) is 5.69 Å². The highest BCUT2D eigenvalue weighted by Gasteiger charge is 2.10. The second-order valence-electron chi connectivity index (χ2n) is 3.71. The molecule has 0 unspecified atom stereocenters. The van der Waals surface area contributed by atoms with Gasteiger partial charge in [0.25, 0.3) is 0 Å². The summed E-state index contributed by atoms with van der Waals surface area (Å²) in [7, 11) is 0. The lowest BCUT2D eigenvalue weighted by Crippen LogP contribution is -2.04. The standard InChI is InChI=1S/C11H18N2/c1-5-10-8(4)11(7(2)3)9(12)6-13-10/h6-7H,5,12H2,1-4H3. The van der Waals surface area contributed by atoms with Crippen LogP contribution in [0.2, 0.25) is 0 Å². The molecule has 0 aliphatic rings. The first-order valence-electron chi connectivity index (χ1n) is 4.81. The van der Waals surface area contributed by atoms with Gasteiger partial charge in [0.05, 0.1) is 11.9 Å². The van der Waals surface area contributed by atoms with E-state index in [9.17, 15) is 0 Å². The van der Waals surface area contributed by atoms with E-state index in [-0.39, 0.29) is 0 Å². The van der Waals surface area contributed by atoms with Gasteiger partial charge in [-0.2, -0.15) is 0 Å². The van der Waals surface area contributed by atoms with Crippen LogP contribution < -0.4 is 5.73 Å². The molecule has 0 saturated carbocycles. The number of anilines is 1. The molecule has 0 bridgehead atoms. The Labute approximate surface area is 80.2 Å². The summed E-state index contributed by atoms with van der Waals surface area (Å²) in [5.41, 5.74) is 10.4. The maximum Gasteiger partial charge on any atom is 0.0538 e. The molecule has 1 aromatic rings. The maximum absolute atomic E-state index is 5.88. The van der Waals surface area contributed by atoms with Crippen LogP contribution in [0.15, 0.2) is 6.20 Å². The van der Waals surface area contributed by atoms with Crippen LogP contribution in [0.5, 0.6) is 0 Å². The summed E-state index contributed by atoms with van der Waals surface area (Å²) < 4.78 is 0. The largest absolute Gasteiger partial charge is 0.397 e. The van der Waals surface area contributed by atoms with Gasteiger partial charge in [-0.05, 0) is 30.4 Å². The summed E-state index contributed by atoms with van der Waals surface area (Å²) >= 11 is 0. The highest BCUT2D eigenvalue weighted by atomic mass is 14.7. The van der Waals surface area contributed by atoms with Crippen LogP contribution in [0.3, 0.4) is 0 Å². The second-order valence-corrected chi connectivity index (χ2v) is 3.71. The predicted molar refractivity (Wildman–Crippen MR) is 56.9 cm³/mol. The van der Waals surface area contributed by atoms with Crippen molar-refractivity contribution in [2.45, 2.75) is 40.0 Å². The molecule has 1 rings (SSSR count). The van der Waals surface area contributed by atoms with E-state index in [0.29, 0.717) is 5.92 Å². The van der Waals surface area contributed by atoms with E-state index in [1.807, 2.05) is 0 Å². The zero-order valence-electron chi connectivity index (χ0n) is 8.89. The number of aromatic nitrogens is 1. The number of hydrogen-bond donors (Lipinski definition) is 1. The molecular weight excluding hydrogens is 160 g/mol. The third-order valence-corrected chi connectivity index (χ3v) is 2.42. The van der Waals surface area contributed by atoms with Crippen molar-refractivity contribution in [2.75, 3.05) is 5.73 Å². The average Bonchev–Trinajstić information content (AvgIpc) is 2.04. The third kappa shape index (κ3) is 1.82. The second kappa shape index (κ2) is 3.77. The Morgan fingerprint density at radius 1 is 1.46 bits per heavy atom. The first-order chi connectivity index (χ1) is 6.07. The van der Waals surface area contributed by atoms with Crippen molar-refractivity contribution in [1.29, 1.82) is 0 Å². The molecule has 0 aliphatic carbocycles. The third-order valence-electron chi connectivity index (χ3n) is 2.42. The molecule has 1 aromatic heterocycles. The van der Waals surface area contributed by atoms with Gasteiger partial charge in [0.15, 0.2) is 0 Å². The van der Waals surface area contributed by atoms with Gasteiger partial charge in [0.2, 0.25) is 0 Å². The fraction of sp³-hybridized carbons (Fsp3) is 0.545. The summed E-state index contributed by atoms with van der Waals surface area (Å²) in [6, 6.07) is 0. The molecule has 0 atom stereocenters. The molecule has 0 saturated heterocycles. The smallest absolute Gasteiger partial charge is 0.0538 e. The number of nitrogen functional groups attached to an aromatic ring is 1. The van der Waals surface area contributed by atoms with E-state index in [1.54, 1.807) is 6.20 Å². The highest BCUT2D eigenvalue weighted by molar-refractivity contribution is 5.51. The molecule has 0 amide bonds. The Balaban J connectivity index is 3.30. The normalized spacial score (nSPS) is 10.8. The van der Waals surface area contributed by atoms with E-state index >= 15 is 0 Å². The summed E-state index contributed by atoms with van der Waals surface area (Å²) in [5.74, 6) is 0.480. The summed E-state index contributed by atoms with van der Waals surface area (Å²) in [6.07, 6.45) is 2.76. The first kappa shape index (κ1) is 10.0. The number of nitrogens with zero attached hydrogens (tertiary/aromatic N) is 1. The van der Waals surface area contributed by atoms with Crippen molar-refractivity contribution < 1.29 is 0 Å². The summed E-state index contributed by atoms with van der Waals surface area (Å²) in [6.45, 7) is 8.56. The summed E-state index contributed by atoms with van der Waals surface area (Å²) in [4.78, 5) is 4.31. The van der Waals surface area contributed by atoms with Crippen LogP contribution >= 0.6 is 0 Å². The molecule has 2 N–H and O–H groups in total. The van der Waals surface area contributed by atoms with E-state index in [2.05, 4.69) is 32.7 Å². The Morgan fingerprint density at radius 2 is 2.08 bits per heavy atom. The molecule has 0 fully saturated rings. The first-order valence-corrected chi connectivity index (χ1v) is 4.81. The van der Waals surface area contributed by atoms with Gasteiger partial charge in [-0.15, -0.1) is 0 Å². The lowest BCUT2D eigenvalue weighted by Gasteiger charge is -2.15. The Hall–Kier alpha value is -1.05. The zero-order valence-corrected chi connectivity index (χ0v) is 8.89. The average molecular weight is 178 g/mol. The van der Waals surface area contributed by atoms with Gasteiger partial charge < -0.3 is 5.73 Å². The van der Waals surface area contributed by atoms with Crippen LogP contribution in [-0.4, -0.2) is 4.98 Å². The van der Waals surface area contributed by atoms with Crippen molar-refractivity contribution in [3.63, 3.8) is 0 Å². The molecule has 0 aromatic carbocycles. The molecule has 0 spiro atoms. The monoisotopic (exact) mass is 178 g/mol. The topological polar surface area (TPSA) is 38.9 Å². The Kier molecular flexibility index (Phi) is 2.91. The van der Waals surface area contributed by atoms with Gasteiger partial charge >= 0.3 is 0 Å². The molecule has 72 valence electrons. The number of nitrogens with two attached hydrogens (primary N) is 1. The number of rotatable bonds is 2. The van der Waals surface area contributed by atoms with E-state index in [4.69, 9.17) is 5.73 Å². The van der Waals surface area contributed by atoms with Crippen LogP contribution in [0.25, 0.3) is 0 Å². The van der Waals surface area contributed by atoms with Gasteiger partial charge in [-0.1, -0.05) is 20.8 Å². The minimum Gasteiger partial charge on any atom is -0.397 e. The molecule has 13 heavy (non-hydrogen) atoms. The minimum atomic E-state index is 0.480. The molecular formula is C11H18N2. The zero-order chi connectivity index (χ0) is 10.0. The van der Waals surface area contributed by atoms with Crippen molar-refractivity contribution >= 4 is 5.69 Å². The van der Waals surface area contributed by atoms with E-state index < -0.39 is 0 Å². The summed E-state index contributed by atoms with van der Waals surface area (Å²) in [5, 5.41) is 0. The highest BCUT2D eigenvalue weighted by Crippen LogP contribution is 2.26. The minimum absolute atomic E-state index is 0.480. The van der Waals surface area contributed by atoms with Crippen molar-refractivity contribution in [3.8, 4) is 0 Å². The number of aryl methyl sites for hydroxylation is 1. The van der Waals surface area contributed by atoms with Gasteiger partial charge in [0.1, 0.15) is 0 Å². The SMILES string of the molecule is CCc1ncc(N)c(C(C)C)c1C. The predicted octanol–water partition coefficient (Wildman–Crippen LogP) is 2.66. The van der Waals surface area contributed by atoms with E-state index in [1.165, 1.54) is 11.1 Å².